The Morgan fingerprint density at radius 3 is 2.65 bits per heavy atom. The zero-order valence-corrected chi connectivity index (χ0v) is 17.4. The lowest BCUT2D eigenvalue weighted by Crippen LogP contribution is -2.22. The van der Waals surface area contributed by atoms with Crippen molar-refractivity contribution in [1.82, 2.24) is 9.78 Å². The molecule has 0 saturated carbocycles. The van der Waals surface area contributed by atoms with Crippen LogP contribution in [0.2, 0.25) is 5.02 Å². The SMILES string of the molecule is CCCC(=O)Nc1cccc(CNc2cnn(-c3ccc([N+](=O)[O-])cc3)c(=O)c2Cl)c1. The maximum Gasteiger partial charge on any atom is 0.292 e. The van der Waals surface area contributed by atoms with E-state index in [1.165, 1.54) is 30.5 Å². The third-order valence-corrected chi connectivity index (χ3v) is 4.76. The molecule has 0 aliphatic heterocycles. The van der Waals surface area contributed by atoms with E-state index in [1.54, 1.807) is 6.07 Å². The summed E-state index contributed by atoms with van der Waals surface area (Å²) < 4.78 is 1.07. The number of carbonyl (C=O) groups excluding carboxylic acids is 1. The predicted molar refractivity (Wildman–Crippen MR) is 119 cm³/mol. The minimum atomic E-state index is -0.555. The number of halogens is 1. The molecule has 0 spiro atoms. The first-order chi connectivity index (χ1) is 14.9. The molecule has 1 amide bonds. The molecule has 160 valence electrons. The van der Waals surface area contributed by atoms with Gasteiger partial charge >= 0.3 is 0 Å². The molecular weight excluding hydrogens is 422 g/mol. The molecule has 0 saturated heterocycles. The molecule has 3 aromatic rings. The number of rotatable bonds is 8. The van der Waals surface area contributed by atoms with Gasteiger partial charge in [-0.15, -0.1) is 0 Å². The molecule has 31 heavy (non-hydrogen) atoms. The number of nitrogens with one attached hydrogen (secondary N) is 2. The molecule has 1 heterocycles. The second kappa shape index (κ2) is 9.86. The van der Waals surface area contributed by atoms with Gasteiger partial charge in [-0.2, -0.15) is 9.78 Å². The van der Waals surface area contributed by atoms with Gasteiger partial charge in [0.1, 0.15) is 5.02 Å². The van der Waals surface area contributed by atoms with Crippen molar-refractivity contribution in [3.63, 3.8) is 0 Å². The van der Waals surface area contributed by atoms with Crippen LogP contribution in [0.3, 0.4) is 0 Å². The molecule has 10 heteroatoms. The quantitative estimate of drug-likeness (QED) is 0.400. The van der Waals surface area contributed by atoms with Crippen LogP contribution < -0.4 is 16.2 Å². The van der Waals surface area contributed by atoms with E-state index < -0.39 is 10.5 Å². The lowest BCUT2D eigenvalue weighted by molar-refractivity contribution is -0.384. The number of anilines is 2. The van der Waals surface area contributed by atoms with Crippen LogP contribution in [0.15, 0.2) is 59.5 Å². The number of carbonyl (C=O) groups is 1. The fourth-order valence-electron chi connectivity index (χ4n) is 2.86. The van der Waals surface area contributed by atoms with E-state index in [2.05, 4.69) is 15.7 Å². The highest BCUT2D eigenvalue weighted by atomic mass is 35.5. The largest absolute Gasteiger partial charge is 0.378 e. The summed E-state index contributed by atoms with van der Waals surface area (Å²) in [5.41, 5.74) is 1.64. The maximum absolute atomic E-state index is 12.6. The van der Waals surface area contributed by atoms with Gasteiger partial charge in [0.25, 0.3) is 11.2 Å². The number of benzene rings is 2. The van der Waals surface area contributed by atoms with Crippen molar-refractivity contribution in [2.45, 2.75) is 26.3 Å². The molecule has 0 fully saturated rings. The summed E-state index contributed by atoms with van der Waals surface area (Å²) in [6.07, 6.45) is 2.64. The molecule has 0 unspecified atom stereocenters. The van der Waals surface area contributed by atoms with Crippen molar-refractivity contribution in [2.75, 3.05) is 10.6 Å². The molecular formula is C21H20ClN5O4. The standard InChI is InChI=1S/C21H20ClN5O4/c1-2-4-19(28)25-15-6-3-5-14(11-15)12-23-18-13-24-26(21(29)20(18)22)16-7-9-17(10-8-16)27(30)31/h3,5-11,13,23H,2,4,12H2,1H3,(H,25,28). The van der Waals surface area contributed by atoms with Crippen molar-refractivity contribution in [3.8, 4) is 5.69 Å². The Kier molecular flexibility index (Phi) is 6.99. The number of nitro benzene ring substituents is 1. The van der Waals surface area contributed by atoms with Crippen LogP contribution in [0.5, 0.6) is 0 Å². The summed E-state index contributed by atoms with van der Waals surface area (Å²) in [5.74, 6) is -0.0466. The van der Waals surface area contributed by atoms with E-state index in [1.807, 2.05) is 25.1 Å². The predicted octanol–water partition coefficient (Wildman–Crippen LogP) is 4.14. The first-order valence-corrected chi connectivity index (χ1v) is 9.92. The molecule has 0 aliphatic rings. The Morgan fingerprint density at radius 1 is 1.23 bits per heavy atom. The highest BCUT2D eigenvalue weighted by Gasteiger charge is 2.12. The van der Waals surface area contributed by atoms with Crippen molar-refractivity contribution in [2.24, 2.45) is 0 Å². The zero-order valence-electron chi connectivity index (χ0n) is 16.7. The van der Waals surface area contributed by atoms with Crippen molar-refractivity contribution < 1.29 is 9.72 Å². The second-order valence-corrected chi connectivity index (χ2v) is 7.09. The number of nitrogens with zero attached hydrogens (tertiary/aromatic N) is 3. The number of amides is 1. The molecule has 0 bridgehead atoms. The molecule has 2 aromatic carbocycles. The summed E-state index contributed by atoms with van der Waals surface area (Å²) in [5, 5.41) is 20.7. The number of aromatic nitrogens is 2. The van der Waals surface area contributed by atoms with E-state index in [9.17, 15) is 19.7 Å². The Balaban J connectivity index is 1.73. The van der Waals surface area contributed by atoms with Gasteiger partial charge in [0.2, 0.25) is 5.91 Å². The van der Waals surface area contributed by atoms with Crippen LogP contribution >= 0.6 is 11.6 Å². The van der Waals surface area contributed by atoms with Crippen LogP contribution in [0.1, 0.15) is 25.3 Å². The Bertz CT molecular complexity index is 1160. The van der Waals surface area contributed by atoms with Gasteiger partial charge in [0, 0.05) is 30.8 Å². The van der Waals surface area contributed by atoms with Crippen LogP contribution in [-0.4, -0.2) is 20.6 Å². The minimum absolute atomic E-state index is 0.0466. The van der Waals surface area contributed by atoms with Crippen LogP contribution in [0, 0.1) is 10.1 Å². The molecule has 3 rings (SSSR count). The molecule has 9 nitrogen and oxygen atoms in total. The molecule has 0 radical (unpaired) electrons. The van der Waals surface area contributed by atoms with E-state index in [0.717, 1.165) is 16.7 Å². The first-order valence-electron chi connectivity index (χ1n) is 9.54. The van der Waals surface area contributed by atoms with E-state index in [4.69, 9.17) is 11.6 Å². The molecule has 0 aliphatic carbocycles. The average Bonchev–Trinajstić information content (AvgIpc) is 2.75. The number of hydrogen-bond donors (Lipinski definition) is 2. The lowest BCUT2D eigenvalue weighted by Gasteiger charge is -2.11. The van der Waals surface area contributed by atoms with Gasteiger partial charge in [-0.3, -0.25) is 19.7 Å². The third kappa shape index (κ3) is 5.46. The average molecular weight is 442 g/mol. The third-order valence-electron chi connectivity index (χ3n) is 4.39. The number of non-ortho nitro benzene ring substituents is 1. The van der Waals surface area contributed by atoms with Crippen molar-refractivity contribution in [3.05, 3.63) is 85.8 Å². The van der Waals surface area contributed by atoms with Gasteiger partial charge in [-0.1, -0.05) is 30.7 Å². The Morgan fingerprint density at radius 2 is 1.97 bits per heavy atom. The highest BCUT2D eigenvalue weighted by Crippen LogP contribution is 2.20. The summed E-state index contributed by atoms with van der Waals surface area (Å²) in [6.45, 7) is 2.30. The molecule has 1 aromatic heterocycles. The normalized spacial score (nSPS) is 10.5. The van der Waals surface area contributed by atoms with Crippen molar-refractivity contribution >= 4 is 34.6 Å². The van der Waals surface area contributed by atoms with Gasteiger partial charge in [-0.05, 0) is 36.2 Å². The van der Waals surface area contributed by atoms with E-state index >= 15 is 0 Å². The number of hydrogen-bond acceptors (Lipinski definition) is 6. The van der Waals surface area contributed by atoms with Crippen LogP contribution in [0.4, 0.5) is 17.1 Å². The molecule has 2 N–H and O–H groups in total. The Hall–Kier alpha value is -3.72. The number of nitro groups is 1. The lowest BCUT2D eigenvalue weighted by atomic mass is 10.2. The Labute approximate surface area is 182 Å². The molecule has 0 atom stereocenters. The fourth-order valence-corrected chi connectivity index (χ4v) is 3.06. The van der Waals surface area contributed by atoms with Crippen molar-refractivity contribution in [1.29, 1.82) is 0 Å². The van der Waals surface area contributed by atoms with E-state index in [0.29, 0.717) is 30.0 Å². The topological polar surface area (TPSA) is 119 Å². The van der Waals surface area contributed by atoms with Crippen LogP contribution in [-0.2, 0) is 11.3 Å². The summed E-state index contributed by atoms with van der Waals surface area (Å²) >= 11 is 6.23. The zero-order chi connectivity index (χ0) is 22.4. The first kappa shape index (κ1) is 22.0. The van der Waals surface area contributed by atoms with E-state index in [-0.39, 0.29) is 16.6 Å². The van der Waals surface area contributed by atoms with Crippen LogP contribution in [0.25, 0.3) is 5.69 Å². The fraction of sp³-hybridized carbons (Fsp3) is 0.190. The summed E-state index contributed by atoms with van der Waals surface area (Å²) in [7, 11) is 0. The maximum atomic E-state index is 12.6. The van der Waals surface area contributed by atoms with Gasteiger partial charge in [0.05, 0.1) is 22.5 Å². The second-order valence-electron chi connectivity index (χ2n) is 6.71. The van der Waals surface area contributed by atoms with Gasteiger partial charge < -0.3 is 10.6 Å². The highest BCUT2D eigenvalue weighted by molar-refractivity contribution is 6.32. The summed E-state index contributed by atoms with van der Waals surface area (Å²) in [4.78, 5) is 34.6. The van der Waals surface area contributed by atoms with Gasteiger partial charge in [-0.25, -0.2) is 0 Å². The smallest absolute Gasteiger partial charge is 0.292 e. The minimum Gasteiger partial charge on any atom is -0.378 e. The van der Waals surface area contributed by atoms with Gasteiger partial charge in [0.15, 0.2) is 0 Å². The summed E-state index contributed by atoms with van der Waals surface area (Å²) in [6, 6.07) is 12.8. The monoisotopic (exact) mass is 441 g/mol.